The minimum absolute atomic E-state index is 0.0332. The normalized spacial score (nSPS) is 12.0. The van der Waals surface area contributed by atoms with Crippen LogP contribution in [0.2, 0.25) is 0 Å². The topological polar surface area (TPSA) is 121 Å². The Balaban J connectivity index is 2.12. The van der Waals surface area contributed by atoms with E-state index in [1.807, 2.05) is 0 Å². The van der Waals surface area contributed by atoms with Crippen molar-refractivity contribution in [3.8, 4) is 0 Å². The molecule has 0 unspecified atom stereocenters. The highest BCUT2D eigenvalue weighted by atomic mass is 32.2. The fourth-order valence-electron chi connectivity index (χ4n) is 3.13. The Kier molecular flexibility index (Phi) is 8.00. The SMILES string of the molecule is CCOC(=O)Cn1c(=NC(=O)c2cccc(S(=O)(=O)CC)c2)sc2cc(C(=O)OCC)ccc21. The first kappa shape index (κ1) is 25.3. The molecule has 0 saturated heterocycles. The molecule has 0 radical (unpaired) electrons. The number of benzene rings is 2. The largest absolute Gasteiger partial charge is 0.465 e. The van der Waals surface area contributed by atoms with Gasteiger partial charge in [-0.2, -0.15) is 4.99 Å². The molecule has 180 valence electrons. The summed E-state index contributed by atoms with van der Waals surface area (Å²) in [5, 5.41) is 0. The summed E-state index contributed by atoms with van der Waals surface area (Å²) in [6.45, 7) is 5.14. The molecule has 0 atom stereocenters. The van der Waals surface area contributed by atoms with E-state index in [-0.39, 0.29) is 40.8 Å². The number of sulfone groups is 1. The summed E-state index contributed by atoms with van der Waals surface area (Å²) in [6, 6.07) is 10.5. The van der Waals surface area contributed by atoms with Crippen LogP contribution in [0.5, 0.6) is 0 Å². The minimum atomic E-state index is -3.50. The molecule has 3 aromatic rings. The maximum Gasteiger partial charge on any atom is 0.338 e. The number of hydrogen-bond acceptors (Lipinski definition) is 8. The lowest BCUT2D eigenvalue weighted by Gasteiger charge is -2.06. The lowest BCUT2D eigenvalue weighted by atomic mass is 10.2. The number of aromatic nitrogens is 1. The minimum Gasteiger partial charge on any atom is -0.465 e. The molecule has 1 amide bonds. The highest BCUT2D eigenvalue weighted by Gasteiger charge is 2.17. The lowest BCUT2D eigenvalue weighted by Crippen LogP contribution is -2.23. The molecular formula is C23H24N2O7S2. The van der Waals surface area contributed by atoms with Crippen molar-refractivity contribution in [3.63, 3.8) is 0 Å². The second-order valence-corrected chi connectivity index (χ2v) is 10.3. The summed E-state index contributed by atoms with van der Waals surface area (Å²) in [5.74, 6) is -1.76. The van der Waals surface area contributed by atoms with Crippen molar-refractivity contribution in [1.82, 2.24) is 4.57 Å². The van der Waals surface area contributed by atoms with Crippen LogP contribution in [0.3, 0.4) is 0 Å². The van der Waals surface area contributed by atoms with Crippen LogP contribution in [-0.4, -0.2) is 49.8 Å². The molecule has 0 aliphatic rings. The second kappa shape index (κ2) is 10.7. The molecule has 0 aliphatic heterocycles. The number of fused-ring (bicyclic) bond motifs is 1. The van der Waals surface area contributed by atoms with E-state index in [9.17, 15) is 22.8 Å². The summed E-state index contributed by atoms with van der Waals surface area (Å²) in [7, 11) is -3.50. The van der Waals surface area contributed by atoms with E-state index in [0.29, 0.717) is 15.8 Å². The zero-order chi connectivity index (χ0) is 24.9. The molecule has 0 fully saturated rings. The summed E-state index contributed by atoms with van der Waals surface area (Å²) in [5.41, 5.74) is 1.01. The Morgan fingerprint density at radius 2 is 1.71 bits per heavy atom. The van der Waals surface area contributed by atoms with Gasteiger partial charge >= 0.3 is 11.9 Å². The van der Waals surface area contributed by atoms with Crippen molar-refractivity contribution in [3.05, 3.63) is 58.4 Å². The van der Waals surface area contributed by atoms with Crippen LogP contribution in [-0.2, 0) is 30.7 Å². The molecule has 34 heavy (non-hydrogen) atoms. The van der Waals surface area contributed by atoms with E-state index in [0.717, 1.165) is 11.3 Å². The highest BCUT2D eigenvalue weighted by molar-refractivity contribution is 7.91. The maximum absolute atomic E-state index is 12.9. The maximum atomic E-state index is 12.9. The van der Waals surface area contributed by atoms with Crippen molar-refractivity contribution < 1.29 is 32.3 Å². The van der Waals surface area contributed by atoms with Crippen molar-refractivity contribution in [2.45, 2.75) is 32.2 Å². The van der Waals surface area contributed by atoms with Crippen molar-refractivity contribution in [2.24, 2.45) is 4.99 Å². The number of nitrogens with zero attached hydrogens (tertiary/aromatic N) is 2. The Morgan fingerprint density at radius 3 is 2.38 bits per heavy atom. The molecule has 0 bridgehead atoms. The molecule has 9 nitrogen and oxygen atoms in total. The fourth-order valence-corrected chi connectivity index (χ4v) is 5.12. The Hall–Kier alpha value is -3.31. The number of amides is 1. The van der Waals surface area contributed by atoms with Gasteiger partial charge in [0.1, 0.15) is 6.54 Å². The molecule has 0 saturated carbocycles. The molecule has 0 spiro atoms. The number of carbonyl (C=O) groups excluding carboxylic acids is 3. The molecule has 0 aliphatic carbocycles. The fraction of sp³-hybridized carbons (Fsp3) is 0.304. The van der Waals surface area contributed by atoms with Crippen molar-refractivity contribution in [2.75, 3.05) is 19.0 Å². The van der Waals surface area contributed by atoms with Gasteiger partial charge in [-0.1, -0.05) is 24.3 Å². The van der Waals surface area contributed by atoms with E-state index < -0.39 is 27.7 Å². The van der Waals surface area contributed by atoms with E-state index in [4.69, 9.17) is 9.47 Å². The van der Waals surface area contributed by atoms with Crippen LogP contribution in [0.25, 0.3) is 10.2 Å². The molecule has 3 rings (SSSR count). The van der Waals surface area contributed by atoms with Gasteiger partial charge in [0.05, 0.1) is 39.6 Å². The van der Waals surface area contributed by atoms with Gasteiger partial charge in [0.25, 0.3) is 5.91 Å². The first-order valence-electron chi connectivity index (χ1n) is 10.6. The van der Waals surface area contributed by atoms with Crippen LogP contribution >= 0.6 is 11.3 Å². The van der Waals surface area contributed by atoms with Gasteiger partial charge in [-0.15, -0.1) is 0 Å². The van der Waals surface area contributed by atoms with Gasteiger partial charge in [0.2, 0.25) is 0 Å². The summed E-state index contributed by atoms with van der Waals surface area (Å²) < 4.78 is 36.6. The molecule has 1 aromatic heterocycles. The summed E-state index contributed by atoms with van der Waals surface area (Å²) in [6.07, 6.45) is 0. The average Bonchev–Trinajstić information content (AvgIpc) is 3.15. The number of carbonyl (C=O) groups is 3. The van der Waals surface area contributed by atoms with Crippen LogP contribution in [0.1, 0.15) is 41.5 Å². The first-order chi connectivity index (χ1) is 16.2. The predicted octanol–water partition coefficient (Wildman–Crippen LogP) is 2.98. The second-order valence-electron chi connectivity index (χ2n) is 7.03. The Labute approximate surface area is 200 Å². The lowest BCUT2D eigenvalue weighted by molar-refractivity contribution is -0.143. The van der Waals surface area contributed by atoms with Crippen LogP contribution in [0.15, 0.2) is 52.4 Å². The van der Waals surface area contributed by atoms with E-state index in [1.54, 1.807) is 32.0 Å². The average molecular weight is 505 g/mol. The van der Waals surface area contributed by atoms with Crippen LogP contribution in [0, 0.1) is 0 Å². The summed E-state index contributed by atoms with van der Waals surface area (Å²) in [4.78, 5) is 41.6. The monoisotopic (exact) mass is 504 g/mol. The highest BCUT2D eigenvalue weighted by Crippen LogP contribution is 2.21. The number of rotatable bonds is 8. The quantitative estimate of drug-likeness (QED) is 0.432. The van der Waals surface area contributed by atoms with E-state index >= 15 is 0 Å². The summed E-state index contributed by atoms with van der Waals surface area (Å²) >= 11 is 1.11. The first-order valence-corrected chi connectivity index (χ1v) is 13.0. The van der Waals surface area contributed by atoms with Gasteiger partial charge in [0, 0.05) is 5.56 Å². The van der Waals surface area contributed by atoms with Gasteiger partial charge in [0.15, 0.2) is 14.6 Å². The third-order valence-electron chi connectivity index (χ3n) is 4.80. The van der Waals surface area contributed by atoms with Gasteiger partial charge in [-0.3, -0.25) is 9.59 Å². The number of esters is 2. The number of ether oxygens (including phenoxy) is 2. The van der Waals surface area contributed by atoms with E-state index in [1.165, 1.54) is 35.8 Å². The van der Waals surface area contributed by atoms with Gasteiger partial charge in [-0.25, -0.2) is 13.2 Å². The predicted molar refractivity (Wildman–Crippen MR) is 126 cm³/mol. The smallest absolute Gasteiger partial charge is 0.338 e. The molecular weight excluding hydrogens is 480 g/mol. The molecule has 2 aromatic carbocycles. The number of hydrogen-bond donors (Lipinski definition) is 0. The van der Waals surface area contributed by atoms with Crippen LogP contribution < -0.4 is 4.80 Å². The number of thiazole rings is 1. The molecule has 1 heterocycles. The van der Waals surface area contributed by atoms with Crippen molar-refractivity contribution in [1.29, 1.82) is 0 Å². The van der Waals surface area contributed by atoms with Gasteiger partial charge in [-0.05, 0) is 50.2 Å². The molecule has 11 heteroatoms. The van der Waals surface area contributed by atoms with Gasteiger partial charge < -0.3 is 14.0 Å². The third kappa shape index (κ3) is 5.60. The zero-order valence-corrected chi connectivity index (χ0v) is 20.6. The molecule has 0 N–H and O–H groups in total. The third-order valence-corrected chi connectivity index (χ3v) is 7.58. The van der Waals surface area contributed by atoms with Crippen LogP contribution in [0.4, 0.5) is 0 Å². The van der Waals surface area contributed by atoms with E-state index in [2.05, 4.69) is 4.99 Å². The standard InChI is InChI=1S/C23H24N2O7S2/c1-4-31-20(26)14-25-18-11-10-16(22(28)32-5-2)13-19(18)33-23(25)24-21(27)15-8-7-9-17(12-15)34(29,30)6-3/h7-13H,4-6,14H2,1-3H3. The van der Waals surface area contributed by atoms with Crippen molar-refractivity contribution >= 4 is 49.2 Å². The zero-order valence-electron chi connectivity index (χ0n) is 18.9. The Bertz CT molecular complexity index is 1420. The Morgan fingerprint density at radius 1 is 0.971 bits per heavy atom.